The van der Waals surface area contributed by atoms with Crippen molar-refractivity contribution in [2.45, 2.75) is 44.3 Å². The predicted molar refractivity (Wildman–Crippen MR) is 83.2 cm³/mol. The molecule has 7 nitrogen and oxygen atoms in total. The van der Waals surface area contributed by atoms with Gasteiger partial charge in [-0.2, -0.15) is 0 Å². The molecule has 0 saturated carbocycles. The van der Waals surface area contributed by atoms with Crippen molar-refractivity contribution in [3.05, 3.63) is 36.2 Å². The maximum atomic E-state index is 10.8. The maximum absolute atomic E-state index is 10.8. The van der Waals surface area contributed by atoms with Crippen LogP contribution < -0.4 is 56.1 Å². The standard InChI is InChI=1S/C15H21N3O4S.K/c1-15(2,3)12-6-4-7-13(10-12)22-9-5-8-18-11-16-14(17-18)23(19,20)21;/h4,6-7,10-11H,5,8-9H2,1-3H3,(H,19,20,21);/q;+1/p-1. The van der Waals surface area contributed by atoms with Crippen molar-refractivity contribution in [1.82, 2.24) is 14.8 Å². The second-order valence-corrected chi connectivity index (χ2v) is 7.50. The molecule has 0 amide bonds. The topological polar surface area (TPSA) is 97.1 Å². The van der Waals surface area contributed by atoms with Crippen molar-refractivity contribution >= 4 is 10.1 Å². The minimum absolute atomic E-state index is 0. The molecule has 1 aromatic carbocycles. The number of aromatic nitrogens is 3. The molecule has 0 fully saturated rings. The van der Waals surface area contributed by atoms with Crippen molar-refractivity contribution in [2.24, 2.45) is 0 Å². The van der Waals surface area contributed by atoms with E-state index in [1.807, 2.05) is 18.2 Å². The van der Waals surface area contributed by atoms with Gasteiger partial charge in [-0.15, -0.1) is 5.10 Å². The first-order valence-electron chi connectivity index (χ1n) is 7.25. The quantitative estimate of drug-likeness (QED) is 0.362. The fraction of sp³-hybridized carbons (Fsp3) is 0.467. The minimum Gasteiger partial charge on any atom is -0.742 e. The van der Waals surface area contributed by atoms with Crippen molar-refractivity contribution < 1.29 is 69.1 Å². The first-order valence-corrected chi connectivity index (χ1v) is 8.66. The smallest absolute Gasteiger partial charge is 0.742 e. The van der Waals surface area contributed by atoms with Crippen LogP contribution in [0.1, 0.15) is 32.8 Å². The molecule has 0 aliphatic carbocycles. The SMILES string of the molecule is CC(C)(C)c1cccc(OCCCn2cnc(S(=O)(=O)[O-])n2)c1.[K+]. The van der Waals surface area contributed by atoms with Crippen LogP contribution >= 0.6 is 0 Å². The number of aryl methyl sites for hydroxylation is 1. The van der Waals surface area contributed by atoms with E-state index in [4.69, 9.17) is 4.74 Å². The van der Waals surface area contributed by atoms with Gasteiger partial charge >= 0.3 is 51.4 Å². The summed E-state index contributed by atoms with van der Waals surface area (Å²) in [6.07, 6.45) is 1.84. The van der Waals surface area contributed by atoms with Gasteiger partial charge in [0.05, 0.1) is 6.61 Å². The molecule has 0 radical (unpaired) electrons. The van der Waals surface area contributed by atoms with E-state index < -0.39 is 15.3 Å². The zero-order chi connectivity index (χ0) is 17.1. The van der Waals surface area contributed by atoms with Gasteiger partial charge in [-0.25, -0.2) is 13.4 Å². The summed E-state index contributed by atoms with van der Waals surface area (Å²) in [5, 5.41) is 2.92. The van der Waals surface area contributed by atoms with Crippen LogP contribution in [0.25, 0.3) is 0 Å². The molecule has 24 heavy (non-hydrogen) atoms. The largest absolute Gasteiger partial charge is 1.00 e. The van der Waals surface area contributed by atoms with E-state index in [1.165, 1.54) is 16.6 Å². The monoisotopic (exact) mass is 377 g/mol. The van der Waals surface area contributed by atoms with Crippen LogP contribution in [0.3, 0.4) is 0 Å². The molecule has 9 heteroatoms. The maximum Gasteiger partial charge on any atom is 1.00 e. The van der Waals surface area contributed by atoms with Gasteiger partial charge in [0, 0.05) is 13.0 Å². The van der Waals surface area contributed by atoms with Gasteiger partial charge in [-0.1, -0.05) is 32.9 Å². The van der Waals surface area contributed by atoms with Gasteiger partial charge in [0.1, 0.15) is 12.1 Å². The molecule has 2 aromatic rings. The van der Waals surface area contributed by atoms with Gasteiger partial charge in [-0.3, -0.25) is 4.68 Å². The third-order valence-corrected chi connectivity index (χ3v) is 3.87. The molecular formula is C15H20KN3O4S. The Hall–Kier alpha value is -0.294. The third-order valence-electron chi connectivity index (χ3n) is 3.24. The van der Waals surface area contributed by atoms with Gasteiger partial charge < -0.3 is 9.29 Å². The van der Waals surface area contributed by atoms with E-state index >= 15 is 0 Å². The summed E-state index contributed by atoms with van der Waals surface area (Å²) in [7, 11) is -4.60. The number of hydrogen-bond acceptors (Lipinski definition) is 6. The zero-order valence-electron chi connectivity index (χ0n) is 14.4. The van der Waals surface area contributed by atoms with E-state index in [9.17, 15) is 13.0 Å². The second-order valence-electron chi connectivity index (χ2n) is 6.22. The summed E-state index contributed by atoms with van der Waals surface area (Å²) in [6.45, 7) is 7.28. The Morgan fingerprint density at radius 2 is 2.00 bits per heavy atom. The van der Waals surface area contributed by atoms with Crippen molar-refractivity contribution in [1.29, 1.82) is 0 Å². The van der Waals surface area contributed by atoms with E-state index in [0.29, 0.717) is 19.6 Å². The van der Waals surface area contributed by atoms with Gasteiger partial charge in [0.2, 0.25) is 0 Å². The summed E-state index contributed by atoms with van der Waals surface area (Å²) in [6, 6.07) is 7.93. The van der Waals surface area contributed by atoms with E-state index in [2.05, 4.69) is 36.9 Å². The normalized spacial score (nSPS) is 11.8. The molecule has 126 valence electrons. The molecule has 0 spiro atoms. The summed E-state index contributed by atoms with van der Waals surface area (Å²) >= 11 is 0. The third kappa shape index (κ3) is 6.55. The summed E-state index contributed by atoms with van der Waals surface area (Å²) in [4.78, 5) is 3.47. The van der Waals surface area contributed by atoms with E-state index in [-0.39, 0.29) is 56.8 Å². The Balaban J connectivity index is 0.00000288. The molecule has 0 aliphatic heterocycles. The zero-order valence-corrected chi connectivity index (χ0v) is 18.3. The Morgan fingerprint density at radius 1 is 1.29 bits per heavy atom. The number of benzene rings is 1. The summed E-state index contributed by atoms with van der Waals surface area (Å²) in [5.74, 6) is 0.791. The Labute approximate surface area is 185 Å². The van der Waals surface area contributed by atoms with Crippen molar-refractivity contribution in [2.75, 3.05) is 6.61 Å². The number of rotatable bonds is 6. The van der Waals surface area contributed by atoms with Crippen LogP contribution in [0, 0.1) is 0 Å². The molecule has 0 saturated heterocycles. The molecule has 1 aromatic heterocycles. The van der Waals surface area contributed by atoms with Crippen LogP contribution in [0.4, 0.5) is 0 Å². The van der Waals surface area contributed by atoms with Crippen LogP contribution in [0.2, 0.25) is 0 Å². The van der Waals surface area contributed by atoms with Gasteiger partial charge in [-0.05, 0) is 23.1 Å². The molecule has 2 rings (SSSR count). The predicted octanol–water partition coefficient (Wildman–Crippen LogP) is -1.05. The molecule has 0 unspecified atom stereocenters. The van der Waals surface area contributed by atoms with Crippen LogP contribution in [0.15, 0.2) is 35.7 Å². The molecule has 0 atom stereocenters. The molecule has 0 aliphatic rings. The Kier molecular flexibility index (Phi) is 8.05. The van der Waals surface area contributed by atoms with E-state index in [1.54, 1.807) is 0 Å². The Morgan fingerprint density at radius 3 is 2.58 bits per heavy atom. The van der Waals surface area contributed by atoms with Gasteiger partial charge in [0.15, 0.2) is 10.1 Å². The number of nitrogens with zero attached hydrogens (tertiary/aromatic N) is 3. The van der Waals surface area contributed by atoms with Gasteiger partial charge in [0.25, 0.3) is 5.16 Å². The number of ether oxygens (including phenoxy) is 1. The first kappa shape index (κ1) is 21.7. The minimum atomic E-state index is -4.60. The fourth-order valence-corrected chi connectivity index (χ4v) is 2.35. The van der Waals surface area contributed by atoms with Crippen LogP contribution in [-0.4, -0.2) is 34.3 Å². The average Bonchev–Trinajstić information content (AvgIpc) is 2.92. The van der Waals surface area contributed by atoms with E-state index in [0.717, 1.165) is 5.75 Å². The molecule has 0 N–H and O–H groups in total. The fourth-order valence-electron chi connectivity index (χ4n) is 1.97. The molecular weight excluding hydrogens is 357 g/mol. The molecule has 1 heterocycles. The average molecular weight is 378 g/mol. The van der Waals surface area contributed by atoms with Crippen molar-refractivity contribution in [3.63, 3.8) is 0 Å². The van der Waals surface area contributed by atoms with Crippen molar-refractivity contribution in [3.8, 4) is 5.75 Å². The van der Waals surface area contributed by atoms with Crippen LogP contribution in [-0.2, 0) is 22.1 Å². The Bertz CT molecular complexity index is 769. The second kappa shape index (κ2) is 8.88. The van der Waals surface area contributed by atoms with Crippen LogP contribution in [0.5, 0.6) is 5.75 Å². The number of hydrogen-bond donors (Lipinski definition) is 0. The molecule has 0 bridgehead atoms. The summed E-state index contributed by atoms with van der Waals surface area (Å²) < 4.78 is 39.3. The first-order chi connectivity index (χ1) is 10.7. The summed E-state index contributed by atoms with van der Waals surface area (Å²) in [5.41, 5.74) is 1.25.